The van der Waals surface area contributed by atoms with E-state index in [0.717, 1.165) is 36.6 Å². The van der Waals surface area contributed by atoms with Crippen molar-refractivity contribution in [3.63, 3.8) is 0 Å². The molecule has 1 N–H and O–H groups in total. The van der Waals surface area contributed by atoms with Gasteiger partial charge in [-0.25, -0.2) is 14.2 Å². The number of amides is 1. The number of nitrogens with zero attached hydrogens (tertiary/aromatic N) is 2. The van der Waals surface area contributed by atoms with Crippen LogP contribution in [0.1, 0.15) is 27.2 Å². The maximum absolute atomic E-state index is 13.4. The number of esters is 1. The SMILES string of the molecule is C=CCn1c(SCC(=O)Nc2scc(-c3ccc(F)cc3)c2C(=O)OC)nc2sc3c(c2c1=O)CCC3. The molecule has 1 aromatic carbocycles. The van der Waals surface area contributed by atoms with Gasteiger partial charge < -0.3 is 10.1 Å². The van der Waals surface area contributed by atoms with E-state index in [-0.39, 0.29) is 29.3 Å². The Bertz CT molecular complexity index is 1590. The van der Waals surface area contributed by atoms with Gasteiger partial charge in [-0.3, -0.25) is 14.2 Å². The van der Waals surface area contributed by atoms with Crippen LogP contribution >= 0.6 is 34.4 Å². The lowest BCUT2D eigenvalue weighted by Crippen LogP contribution is -2.24. The highest BCUT2D eigenvalue weighted by molar-refractivity contribution is 7.99. The number of fused-ring (bicyclic) bond motifs is 3. The minimum atomic E-state index is -0.610. The summed E-state index contributed by atoms with van der Waals surface area (Å²) in [6.45, 7) is 4.05. The van der Waals surface area contributed by atoms with Crippen molar-refractivity contribution in [3.05, 3.63) is 74.5 Å². The number of nitrogens with one attached hydrogen (secondary N) is 1. The highest BCUT2D eigenvalue weighted by atomic mass is 32.2. The molecule has 190 valence electrons. The molecule has 0 fully saturated rings. The number of thioether (sulfide) groups is 1. The summed E-state index contributed by atoms with van der Waals surface area (Å²) in [5.41, 5.74) is 2.37. The van der Waals surface area contributed by atoms with Gasteiger partial charge in [-0.05, 0) is 42.5 Å². The number of thiophene rings is 2. The van der Waals surface area contributed by atoms with Crippen LogP contribution in [0.25, 0.3) is 21.3 Å². The zero-order valence-corrected chi connectivity index (χ0v) is 22.3. The number of anilines is 1. The molecule has 0 atom stereocenters. The number of rotatable bonds is 8. The lowest BCUT2D eigenvalue weighted by molar-refractivity contribution is -0.113. The van der Waals surface area contributed by atoms with E-state index >= 15 is 0 Å². The van der Waals surface area contributed by atoms with Crippen molar-refractivity contribution in [1.82, 2.24) is 9.55 Å². The zero-order valence-electron chi connectivity index (χ0n) is 19.8. The monoisotopic (exact) mass is 555 g/mol. The molecular formula is C26H22FN3O4S3. The van der Waals surface area contributed by atoms with Gasteiger partial charge in [0.25, 0.3) is 5.56 Å². The molecule has 3 heterocycles. The Hall–Kier alpha value is -3.28. The van der Waals surface area contributed by atoms with Gasteiger partial charge in [0.2, 0.25) is 5.91 Å². The number of carbonyl (C=O) groups excluding carboxylic acids is 2. The Morgan fingerprint density at radius 2 is 2.08 bits per heavy atom. The minimum Gasteiger partial charge on any atom is -0.465 e. The average Bonchev–Trinajstić information content (AvgIpc) is 3.59. The molecule has 0 saturated carbocycles. The molecule has 0 bridgehead atoms. The van der Waals surface area contributed by atoms with Crippen molar-refractivity contribution >= 4 is 61.5 Å². The van der Waals surface area contributed by atoms with Gasteiger partial charge in [-0.15, -0.1) is 29.3 Å². The number of allylic oxidation sites excluding steroid dienone is 1. The van der Waals surface area contributed by atoms with E-state index in [0.29, 0.717) is 31.5 Å². The lowest BCUT2D eigenvalue weighted by Gasteiger charge is -2.11. The quantitative estimate of drug-likeness (QED) is 0.133. The summed E-state index contributed by atoms with van der Waals surface area (Å²) in [6.07, 6.45) is 4.54. The number of hydrogen-bond acceptors (Lipinski definition) is 8. The summed E-state index contributed by atoms with van der Waals surface area (Å²) in [5.74, 6) is -1.39. The number of halogens is 1. The van der Waals surface area contributed by atoms with Gasteiger partial charge in [0, 0.05) is 22.4 Å². The third kappa shape index (κ3) is 4.86. The maximum Gasteiger partial charge on any atom is 0.341 e. The minimum absolute atomic E-state index is 0.0232. The fraction of sp³-hybridized carbons (Fsp3) is 0.231. The number of benzene rings is 1. The fourth-order valence-electron chi connectivity index (χ4n) is 4.35. The van der Waals surface area contributed by atoms with Crippen molar-refractivity contribution in [3.8, 4) is 11.1 Å². The van der Waals surface area contributed by atoms with Crippen molar-refractivity contribution in [2.75, 3.05) is 18.2 Å². The smallest absolute Gasteiger partial charge is 0.341 e. The van der Waals surface area contributed by atoms with Gasteiger partial charge in [0.1, 0.15) is 21.2 Å². The second-order valence-electron chi connectivity index (χ2n) is 8.33. The molecule has 1 amide bonds. The first kappa shape index (κ1) is 25.4. The summed E-state index contributed by atoms with van der Waals surface area (Å²) in [5, 5.41) is 5.96. The molecule has 7 nitrogen and oxygen atoms in total. The summed E-state index contributed by atoms with van der Waals surface area (Å²) >= 11 is 3.88. The van der Waals surface area contributed by atoms with Crippen LogP contribution in [0, 0.1) is 5.82 Å². The first-order valence-corrected chi connectivity index (χ1v) is 14.1. The van der Waals surface area contributed by atoms with Crippen molar-refractivity contribution in [2.24, 2.45) is 0 Å². The molecule has 1 aliphatic carbocycles. The zero-order chi connectivity index (χ0) is 26.1. The first-order valence-electron chi connectivity index (χ1n) is 11.5. The third-order valence-corrected chi connectivity index (χ3v) is 9.08. The number of carbonyl (C=O) groups is 2. The number of ether oxygens (including phenoxy) is 1. The molecule has 0 unspecified atom stereocenters. The maximum atomic E-state index is 13.4. The number of aryl methyl sites for hydroxylation is 2. The molecule has 4 aromatic rings. The Morgan fingerprint density at radius 1 is 1.30 bits per heavy atom. The van der Waals surface area contributed by atoms with E-state index in [4.69, 9.17) is 9.72 Å². The van der Waals surface area contributed by atoms with Crippen LogP contribution in [-0.2, 0) is 28.9 Å². The summed E-state index contributed by atoms with van der Waals surface area (Å²) in [6, 6.07) is 5.73. The standard InChI is InChI=1S/C26H22FN3O4S3/c1-3-11-30-24(32)20-16-5-4-6-18(16)37-23(20)29-26(30)36-13-19(31)28-22-21(25(33)34-2)17(12-35-22)14-7-9-15(27)10-8-14/h3,7-10,12H,1,4-6,11,13H2,2H3,(H,28,31). The van der Waals surface area contributed by atoms with Gasteiger partial charge in [0.15, 0.2) is 5.16 Å². The second kappa shape index (κ2) is 10.6. The molecule has 5 rings (SSSR count). The Morgan fingerprint density at radius 3 is 2.81 bits per heavy atom. The van der Waals surface area contributed by atoms with Crippen LogP contribution in [0.5, 0.6) is 0 Å². The van der Waals surface area contributed by atoms with Crippen molar-refractivity contribution in [2.45, 2.75) is 31.0 Å². The van der Waals surface area contributed by atoms with Crippen LogP contribution in [0.15, 0.2) is 52.3 Å². The van der Waals surface area contributed by atoms with E-state index in [9.17, 15) is 18.8 Å². The third-order valence-electron chi connectivity index (χ3n) is 6.02. The van der Waals surface area contributed by atoms with Gasteiger partial charge in [-0.2, -0.15) is 0 Å². The second-order valence-corrected chi connectivity index (χ2v) is 11.2. The molecule has 0 aliphatic heterocycles. The molecule has 1 aliphatic rings. The van der Waals surface area contributed by atoms with E-state index in [1.807, 2.05) is 0 Å². The highest BCUT2D eigenvalue weighted by Crippen LogP contribution is 2.37. The predicted molar refractivity (Wildman–Crippen MR) is 147 cm³/mol. The highest BCUT2D eigenvalue weighted by Gasteiger charge is 2.25. The normalized spacial score (nSPS) is 12.5. The molecule has 11 heteroatoms. The number of methoxy groups -OCH3 is 1. The Kier molecular flexibility index (Phi) is 7.27. The molecule has 0 spiro atoms. The molecule has 0 saturated heterocycles. The Labute approximate surface area is 224 Å². The average molecular weight is 556 g/mol. The van der Waals surface area contributed by atoms with Gasteiger partial charge in [0.05, 0.1) is 18.2 Å². The molecule has 37 heavy (non-hydrogen) atoms. The van der Waals surface area contributed by atoms with Gasteiger partial charge >= 0.3 is 5.97 Å². The predicted octanol–water partition coefficient (Wildman–Crippen LogP) is 5.52. The van der Waals surface area contributed by atoms with Crippen LogP contribution in [0.2, 0.25) is 0 Å². The summed E-state index contributed by atoms with van der Waals surface area (Å²) in [7, 11) is 1.26. The number of aromatic nitrogens is 2. The van der Waals surface area contributed by atoms with Crippen LogP contribution in [0.4, 0.5) is 9.39 Å². The largest absolute Gasteiger partial charge is 0.465 e. The van der Waals surface area contributed by atoms with Crippen LogP contribution in [0.3, 0.4) is 0 Å². The molecule has 3 aromatic heterocycles. The van der Waals surface area contributed by atoms with E-state index in [1.54, 1.807) is 39.5 Å². The summed E-state index contributed by atoms with van der Waals surface area (Å²) < 4.78 is 19.9. The van der Waals surface area contributed by atoms with Gasteiger partial charge in [-0.1, -0.05) is 30.0 Å². The van der Waals surface area contributed by atoms with Crippen molar-refractivity contribution < 1.29 is 18.7 Å². The van der Waals surface area contributed by atoms with E-state index < -0.39 is 11.8 Å². The van der Waals surface area contributed by atoms with Crippen LogP contribution < -0.4 is 10.9 Å². The fourth-order valence-corrected chi connectivity index (χ4v) is 7.43. The topological polar surface area (TPSA) is 90.3 Å². The molecule has 0 radical (unpaired) electrons. The summed E-state index contributed by atoms with van der Waals surface area (Å²) in [4.78, 5) is 45.4. The molecular weight excluding hydrogens is 534 g/mol. The van der Waals surface area contributed by atoms with E-state index in [2.05, 4.69) is 11.9 Å². The van der Waals surface area contributed by atoms with E-state index in [1.165, 1.54) is 35.5 Å². The van der Waals surface area contributed by atoms with Crippen molar-refractivity contribution in [1.29, 1.82) is 0 Å². The first-order chi connectivity index (χ1) is 17.9. The Balaban J connectivity index is 1.39. The lowest BCUT2D eigenvalue weighted by atomic mass is 10.0. The van der Waals surface area contributed by atoms with Crippen LogP contribution in [-0.4, -0.2) is 34.3 Å². The number of hydrogen-bond donors (Lipinski definition) is 1.